The Morgan fingerprint density at radius 1 is 0.310 bits per heavy atom. The van der Waals surface area contributed by atoms with Gasteiger partial charge in [0.15, 0.2) is 0 Å². The standard InChI is InChI=1S/C57H47N/c1-55(2)47-29-15-12-23-43(47)52-44(26-16-30-48(52)55)53-38(36-19-8-7-9-20-36)24-17-31-50(53)58(37-33-34-41-39-21-10-13-27-45(39)56(3,4)49(41)35-37)51-32-18-25-42-40-22-11-14-28-46(40)57(5,6)54(42)51/h7-35H,1-6H3. The fourth-order valence-electron chi connectivity index (χ4n) is 11.1. The third-order valence-electron chi connectivity index (χ3n) is 13.9. The van der Waals surface area contributed by atoms with Crippen LogP contribution in [0.15, 0.2) is 176 Å². The van der Waals surface area contributed by atoms with Crippen LogP contribution in [0, 0.1) is 0 Å². The van der Waals surface area contributed by atoms with Crippen LogP contribution in [0.4, 0.5) is 17.1 Å². The van der Waals surface area contributed by atoms with E-state index in [4.69, 9.17) is 0 Å². The molecule has 0 atom stereocenters. The molecule has 0 unspecified atom stereocenters. The molecule has 8 aromatic carbocycles. The minimum Gasteiger partial charge on any atom is -0.310 e. The van der Waals surface area contributed by atoms with Gasteiger partial charge in [-0.25, -0.2) is 0 Å². The van der Waals surface area contributed by atoms with Gasteiger partial charge >= 0.3 is 0 Å². The van der Waals surface area contributed by atoms with E-state index in [9.17, 15) is 0 Å². The van der Waals surface area contributed by atoms with Gasteiger partial charge < -0.3 is 4.90 Å². The minimum absolute atomic E-state index is 0.125. The van der Waals surface area contributed by atoms with Gasteiger partial charge in [0.05, 0.1) is 11.4 Å². The molecule has 0 aromatic heterocycles. The number of benzene rings is 8. The Kier molecular flexibility index (Phi) is 7.36. The highest BCUT2D eigenvalue weighted by Crippen LogP contribution is 2.59. The molecule has 0 radical (unpaired) electrons. The summed E-state index contributed by atoms with van der Waals surface area (Å²) in [5, 5.41) is 0. The summed E-state index contributed by atoms with van der Waals surface area (Å²) >= 11 is 0. The van der Waals surface area contributed by atoms with Crippen LogP contribution in [-0.2, 0) is 16.2 Å². The van der Waals surface area contributed by atoms with Crippen molar-refractivity contribution in [3.05, 3.63) is 209 Å². The smallest absolute Gasteiger partial charge is 0.0546 e. The van der Waals surface area contributed by atoms with Crippen LogP contribution < -0.4 is 4.90 Å². The van der Waals surface area contributed by atoms with Crippen molar-refractivity contribution in [3.8, 4) is 55.6 Å². The highest BCUT2D eigenvalue weighted by atomic mass is 15.1. The van der Waals surface area contributed by atoms with Crippen molar-refractivity contribution in [3.63, 3.8) is 0 Å². The Balaban J connectivity index is 1.26. The summed E-state index contributed by atoms with van der Waals surface area (Å²) in [4.78, 5) is 2.61. The van der Waals surface area contributed by atoms with E-state index in [0.717, 1.165) is 0 Å². The molecule has 0 fully saturated rings. The largest absolute Gasteiger partial charge is 0.310 e. The van der Waals surface area contributed by atoms with Crippen molar-refractivity contribution < 1.29 is 0 Å². The van der Waals surface area contributed by atoms with Gasteiger partial charge in [0, 0.05) is 27.5 Å². The topological polar surface area (TPSA) is 3.24 Å². The SMILES string of the molecule is CC1(C)c2ccccc2-c2ccc(N(c3cccc(-c4ccccc4)c3-c3cccc4c3-c3ccccc3C4(C)C)c3cccc4c3C(C)(C)c3ccccc3-4)cc21. The molecule has 58 heavy (non-hydrogen) atoms. The second-order valence-corrected chi connectivity index (χ2v) is 18.1. The van der Waals surface area contributed by atoms with E-state index in [2.05, 4.69) is 222 Å². The Labute approximate surface area is 343 Å². The number of rotatable bonds is 5. The lowest BCUT2D eigenvalue weighted by Crippen LogP contribution is -2.22. The zero-order valence-electron chi connectivity index (χ0n) is 34.2. The van der Waals surface area contributed by atoms with Crippen LogP contribution in [0.25, 0.3) is 55.6 Å². The molecule has 0 heterocycles. The zero-order chi connectivity index (χ0) is 39.6. The van der Waals surface area contributed by atoms with Crippen LogP contribution in [0.2, 0.25) is 0 Å². The van der Waals surface area contributed by atoms with Crippen LogP contribution in [0.1, 0.15) is 74.9 Å². The summed E-state index contributed by atoms with van der Waals surface area (Å²) in [6.07, 6.45) is 0. The van der Waals surface area contributed by atoms with E-state index >= 15 is 0 Å². The van der Waals surface area contributed by atoms with Crippen molar-refractivity contribution in [1.29, 1.82) is 0 Å². The van der Waals surface area contributed by atoms with Gasteiger partial charge in [-0.1, -0.05) is 193 Å². The molecule has 280 valence electrons. The molecule has 8 aromatic rings. The first-order chi connectivity index (χ1) is 28.1. The Morgan fingerprint density at radius 3 is 1.52 bits per heavy atom. The molecule has 0 N–H and O–H groups in total. The highest BCUT2D eigenvalue weighted by molar-refractivity contribution is 6.05. The van der Waals surface area contributed by atoms with Gasteiger partial charge in [-0.05, 0) is 108 Å². The average Bonchev–Trinajstić information content (AvgIpc) is 3.74. The van der Waals surface area contributed by atoms with E-state index in [-0.39, 0.29) is 16.2 Å². The van der Waals surface area contributed by atoms with Gasteiger partial charge in [-0.2, -0.15) is 0 Å². The van der Waals surface area contributed by atoms with Gasteiger partial charge in [0.2, 0.25) is 0 Å². The predicted octanol–water partition coefficient (Wildman–Crippen LogP) is 15.4. The van der Waals surface area contributed by atoms with Gasteiger partial charge in [-0.3, -0.25) is 0 Å². The number of hydrogen-bond donors (Lipinski definition) is 0. The monoisotopic (exact) mass is 745 g/mol. The van der Waals surface area contributed by atoms with Crippen molar-refractivity contribution in [1.82, 2.24) is 0 Å². The Hall–Kier alpha value is -6.44. The van der Waals surface area contributed by atoms with E-state index < -0.39 is 0 Å². The maximum absolute atomic E-state index is 2.61. The van der Waals surface area contributed by atoms with E-state index in [0.29, 0.717) is 0 Å². The van der Waals surface area contributed by atoms with Crippen molar-refractivity contribution in [2.75, 3.05) is 4.90 Å². The minimum atomic E-state index is -0.221. The van der Waals surface area contributed by atoms with Gasteiger partial charge in [0.1, 0.15) is 0 Å². The maximum atomic E-state index is 2.61. The summed E-state index contributed by atoms with van der Waals surface area (Å²) < 4.78 is 0. The number of fused-ring (bicyclic) bond motifs is 9. The first-order valence-electron chi connectivity index (χ1n) is 20.8. The lowest BCUT2D eigenvalue weighted by atomic mass is 9.80. The molecule has 0 aliphatic heterocycles. The molecular formula is C57H47N. The third kappa shape index (κ3) is 4.71. The number of anilines is 3. The number of nitrogens with zero attached hydrogens (tertiary/aromatic N) is 1. The van der Waals surface area contributed by atoms with E-state index in [1.807, 2.05) is 0 Å². The second-order valence-electron chi connectivity index (χ2n) is 18.1. The van der Waals surface area contributed by atoms with Crippen LogP contribution in [-0.4, -0.2) is 0 Å². The summed E-state index contributed by atoms with van der Waals surface area (Å²) in [5.41, 5.74) is 24.2. The summed E-state index contributed by atoms with van der Waals surface area (Å²) in [7, 11) is 0. The molecule has 0 saturated heterocycles. The van der Waals surface area contributed by atoms with Crippen molar-refractivity contribution in [2.24, 2.45) is 0 Å². The lowest BCUT2D eigenvalue weighted by molar-refractivity contribution is 0.658. The molecule has 0 spiro atoms. The van der Waals surface area contributed by atoms with Gasteiger partial charge in [-0.15, -0.1) is 0 Å². The third-order valence-corrected chi connectivity index (χ3v) is 13.9. The predicted molar refractivity (Wildman–Crippen MR) is 245 cm³/mol. The summed E-state index contributed by atoms with van der Waals surface area (Å²) in [6, 6.07) is 66.2. The van der Waals surface area contributed by atoms with Crippen molar-refractivity contribution in [2.45, 2.75) is 57.8 Å². The molecule has 1 heteroatoms. The lowest BCUT2D eigenvalue weighted by Gasteiger charge is -2.35. The molecule has 0 bridgehead atoms. The second kappa shape index (κ2) is 12.3. The van der Waals surface area contributed by atoms with Gasteiger partial charge in [0.25, 0.3) is 0 Å². The van der Waals surface area contributed by atoms with E-state index in [1.54, 1.807) is 0 Å². The average molecular weight is 746 g/mol. The molecular weight excluding hydrogens is 699 g/mol. The van der Waals surface area contributed by atoms with Crippen LogP contribution in [0.5, 0.6) is 0 Å². The fourth-order valence-corrected chi connectivity index (χ4v) is 11.1. The quantitative estimate of drug-likeness (QED) is 0.170. The zero-order valence-corrected chi connectivity index (χ0v) is 34.2. The molecule has 1 nitrogen and oxygen atoms in total. The van der Waals surface area contributed by atoms with Crippen LogP contribution >= 0.6 is 0 Å². The fraction of sp³-hybridized carbons (Fsp3) is 0.158. The van der Waals surface area contributed by atoms with Crippen LogP contribution in [0.3, 0.4) is 0 Å². The summed E-state index contributed by atoms with van der Waals surface area (Å²) in [5.74, 6) is 0. The van der Waals surface area contributed by atoms with E-state index in [1.165, 1.54) is 106 Å². The number of hydrogen-bond acceptors (Lipinski definition) is 1. The molecule has 0 amide bonds. The molecule has 0 saturated carbocycles. The molecule has 3 aliphatic rings. The summed E-state index contributed by atoms with van der Waals surface area (Å²) in [6.45, 7) is 14.4. The van der Waals surface area contributed by atoms with Crippen molar-refractivity contribution >= 4 is 17.1 Å². The first kappa shape index (κ1) is 34.8. The normalized spacial score (nSPS) is 15.5. The first-order valence-corrected chi connectivity index (χ1v) is 20.8. The Bertz CT molecular complexity index is 2980. The molecule has 3 aliphatic carbocycles. The molecule has 11 rings (SSSR count). The highest BCUT2D eigenvalue weighted by Gasteiger charge is 2.42. The Morgan fingerprint density at radius 2 is 0.793 bits per heavy atom. The maximum Gasteiger partial charge on any atom is 0.0546 e.